The highest BCUT2D eigenvalue weighted by molar-refractivity contribution is 7.80. The molecule has 2 N–H and O–H groups in total. The number of nitrogens with one attached hydrogen (secondary N) is 2. The maximum atomic E-state index is 12.6. The van der Waals surface area contributed by atoms with Crippen LogP contribution >= 0.6 is 12.2 Å². The van der Waals surface area contributed by atoms with Crippen LogP contribution in [0.5, 0.6) is 0 Å². The van der Waals surface area contributed by atoms with Crippen LogP contribution in [0.1, 0.15) is 45.2 Å². The highest BCUT2D eigenvalue weighted by atomic mass is 32.1. The molecular formula is C20H25N3O3S. The van der Waals surface area contributed by atoms with E-state index < -0.39 is 0 Å². The van der Waals surface area contributed by atoms with Crippen molar-refractivity contribution in [2.24, 2.45) is 5.92 Å². The molecule has 1 fully saturated rings. The van der Waals surface area contributed by atoms with Crippen LogP contribution in [0.15, 0.2) is 35.5 Å². The van der Waals surface area contributed by atoms with Crippen LogP contribution in [-0.2, 0) is 14.3 Å². The van der Waals surface area contributed by atoms with Gasteiger partial charge in [-0.25, -0.2) is 4.79 Å². The van der Waals surface area contributed by atoms with Gasteiger partial charge in [0.05, 0.1) is 18.2 Å². The number of nitrogens with zero attached hydrogens (tertiary/aromatic N) is 1. The van der Waals surface area contributed by atoms with Crippen molar-refractivity contribution in [2.75, 3.05) is 18.5 Å². The Labute approximate surface area is 164 Å². The van der Waals surface area contributed by atoms with Crippen molar-refractivity contribution in [3.8, 4) is 0 Å². The summed E-state index contributed by atoms with van der Waals surface area (Å²) in [7, 11) is 0. The number of allylic oxidation sites excluding steroid dienone is 1. The molecule has 27 heavy (non-hydrogen) atoms. The number of carbonyl (C=O) groups excluding carboxylic acids is 2. The van der Waals surface area contributed by atoms with E-state index in [2.05, 4.69) is 10.6 Å². The van der Waals surface area contributed by atoms with Gasteiger partial charge in [-0.05, 0) is 63.5 Å². The number of amides is 1. The molecule has 6 nitrogen and oxygen atoms in total. The average Bonchev–Trinajstić information content (AvgIpc) is 3.47. The van der Waals surface area contributed by atoms with E-state index >= 15 is 0 Å². The lowest BCUT2D eigenvalue weighted by Crippen LogP contribution is -2.47. The van der Waals surface area contributed by atoms with E-state index in [9.17, 15) is 9.59 Å². The molecule has 1 aromatic rings. The Morgan fingerprint density at radius 3 is 2.48 bits per heavy atom. The second kappa shape index (κ2) is 8.08. The zero-order chi connectivity index (χ0) is 19.6. The van der Waals surface area contributed by atoms with Crippen LogP contribution in [0.2, 0.25) is 0 Å². The lowest BCUT2D eigenvalue weighted by Gasteiger charge is -2.37. The summed E-state index contributed by atoms with van der Waals surface area (Å²) >= 11 is 5.47. The van der Waals surface area contributed by atoms with E-state index in [4.69, 9.17) is 17.0 Å². The predicted octanol–water partition coefficient (Wildman–Crippen LogP) is 3.12. The van der Waals surface area contributed by atoms with Gasteiger partial charge < -0.3 is 20.3 Å². The van der Waals surface area contributed by atoms with Crippen LogP contribution in [-0.4, -0.2) is 35.0 Å². The summed E-state index contributed by atoms with van der Waals surface area (Å²) in [4.78, 5) is 26.4. The maximum absolute atomic E-state index is 12.6. The number of thiocarbonyl (C=S) groups is 1. The van der Waals surface area contributed by atoms with Crippen molar-refractivity contribution in [2.45, 2.75) is 39.7 Å². The number of rotatable bonds is 6. The molecule has 7 heteroatoms. The number of hydrogen-bond acceptors (Lipinski definition) is 4. The number of ether oxygens (including phenoxy) is 1. The van der Waals surface area contributed by atoms with Crippen molar-refractivity contribution >= 4 is 34.9 Å². The summed E-state index contributed by atoms with van der Waals surface area (Å²) < 4.78 is 5.28. The Balaban J connectivity index is 1.88. The third kappa shape index (κ3) is 4.13. The minimum absolute atomic E-state index is 0.0706. The lowest BCUT2D eigenvalue weighted by atomic mass is 9.95. The molecule has 0 aromatic heterocycles. The normalized spacial score (nSPS) is 19.6. The third-order valence-corrected chi connectivity index (χ3v) is 5.21. The molecule has 0 radical (unpaired) electrons. The molecule has 0 saturated heterocycles. The lowest BCUT2D eigenvalue weighted by molar-refractivity contribution is -0.139. The SMILES string of the molecule is CCOC(=O)C1=C(C)N(CC)C(=S)NC1c1ccc(NC(=O)C2CC2)cc1. The molecule has 1 aromatic carbocycles. The third-order valence-electron chi connectivity index (χ3n) is 4.87. The van der Waals surface area contributed by atoms with E-state index in [0.29, 0.717) is 23.8 Å². The first-order valence-electron chi connectivity index (χ1n) is 9.33. The highest BCUT2D eigenvalue weighted by Gasteiger charge is 2.34. The molecule has 2 aliphatic rings. The van der Waals surface area contributed by atoms with E-state index in [1.54, 1.807) is 6.92 Å². The Kier molecular flexibility index (Phi) is 5.79. The highest BCUT2D eigenvalue weighted by Crippen LogP contribution is 2.33. The maximum Gasteiger partial charge on any atom is 0.338 e. The zero-order valence-corrected chi connectivity index (χ0v) is 16.7. The van der Waals surface area contributed by atoms with Gasteiger partial charge in [0.2, 0.25) is 5.91 Å². The molecule has 144 valence electrons. The zero-order valence-electron chi connectivity index (χ0n) is 15.9. The Hall–Kier alpha value is -2.41. The van der Waals surface area contributed by atoms with Gasteiger partial charge in [0, 0.05) is 23.8 Å². The fraction of sp³-hybridized carbons (Fsp3) is 0.450. The number of carbonyl (C=O) groups is 2. The van der Waals surface area contributed by atoms with E-state index in [1.807, 2.05) is 43.0 Å². The molecule has 0 spiro atoms. The molecule has 1 aliphatic carbocycles. The Morgan fingerprint density at radius 1 is 1.26 bits per heavy atom. The van der Waals surface area contributed by atoms with Crippen molar-refractivity contribution < 1.29 is 14.3 Å². The van der Waals surface area contributed by atoms with Gasteiger partial charge in [-0.3, -0.25) is 4.79 Å². The first kappa shape index (κ1) is 19.4. The van der Waals surface area contributed by atoms with Gasteiger partial charge in [-0.1, -0.05) is 12.1 Å². The monoisotopic (exact) mass is 387 g/mol. The number of benzene rings is 1. The second-order valence-corrected chi connectivity index (χ2v) is 7.12. The first-order chi connectivity index (χ1) is 13.0. The van der Waals surface area contributed by atoms with Gasteiger partial charge in [0.15, 0.2) is 5.11 Å². The molecule has 1 amide bonds. The molecule has 1 atom stereocenters. The van der Waals surface area contributed by atoms with Gasteiger partial charge in [-0.15, -0.1) is 0 Å². The minimum Gasteiger partial charge on any atom is -0.463 e. The summed E-state index contributed by atoms with van der Waals surface area (Å²) in [5, 5.41) is 6.76. The van der Waals surface area contributed by atoms with Crippen LogP contribution in [0.4, 0.5) is 5.69 Å². The second-order valence-electron chi connectivity index (χ2n) is 6.73. The van der Waals surface area contributed by atoms with Gasteiger partial charge in [0.1, 0.15) is 0 Å². The van der Waals surface area contributed by atoms with E-state index in [1.165, 1.54) is 0 Å². The van der Waals surface area contributed by atoms with Crippen LogP contribution < -0.4 is 10.6 Å². The molecule has 1 heterocycles. The molecule has 1 saturated carbocycles. The van der Waals surface area contributed by atoms with Crippen LogP contribution in [0.25, 0.3) is 0 Å². The molecular weight excluding hydrogens is 362 g/mol. The van der Waals surface area contributed by atoms with Gasteiger partial charge in [-0.2, -0.15) is 0 Å². The predicted molar refractivity (Wildman–Crippen MR) is 108 cm³/mol. The quantitative estimate of drug-likeness (QED) is 0.577. The first-order valence-corrected chi connectivity index (χ1v) is 9.73. The number of hydrogen-bond donors (Lipinski definition) is 2. The van der Waals surface area contributed by atoms with Crippen LogP contribution in [0, 0.1) is 5.92 Å². The Morgan fingerprint density at radius 2 is 1.93 bits per heavy atom. The smallest absolute Gasteiger partial charge is 0.338 e. The molecule has 1 unspecified atom stereocenters. The van der Waals surface area contributed by atoms with Crippen LogP contribution in [0.3, 0.4) is 0 Å². The van der Waals surface area contributed by atoms with Crippen molar-refractivity contribution in [3.05, 3.63) is 41.1 Å². The summed E-state index contributed by atoms with van der Waals surface area (Å²) in [5.41, 5.74) is 3.00. The van der Waals surface area contributed by atoms with Gasteiger partial charge in [0.25, 0.3) is 0 Å². The molecule has 1 aliphatic heterocycles. The standard InChI is InChI=1S/C20H25N3O3S/c1-4-23-12(3)16(19(25)26-5-2)17(22-20(23)27)13-8-10-15(11-9-13)21-18(24)14-6-7-14/h8-11,14,17H,4-7H2,1-3H3,(H,21,24)(H,22,27). The minimum atomic E-state index is -0.382. The number of esters is 1. The molecule has 0 bridgehead atoms. The summed E-state index contributed by atoms with van der Waals surface area (Å²) in [5.74, 6) is -0.121. The van der Waals surface area contributed by atoms with Gasteiger partial charge >= 0.3 is 5.97 Å². The van der Waals surface area contributed by atoms with Crippen molar-refractivity contribution in [3.63, 3.8) is 0 Å². The van der Waals surface area contributed by atoms with E-state index in [-0.39, 0.29) is 23.8 Å². The summed E-state index contributed by atoms with van der Waals surface area (Å²) in [6.07, 6.45) is 1.93. The fourth-order valence-corrected chi connectivity index (χ4v) is 3.62. The Bertz CT molecular complexity index is 784. The summed E-state index contributed by atoms with van der Waals surface area (Å²) in [6, 6.07) is 7.12. The van der Waals surface area contributed by atoms with E-state index in [0.717, 1.165) is 29.8 Å². The van der Waals surface area contributed by atoms with Crippen molar-refractivity contribution in [1.82, 2.24) is 10.2 Å². The van der Waals surface area contributed by atoms with Crippen molar-refractivity contribution in [1.29, 1.82) is 0 Å². The fourth-order valence-electron chi connectivity index (χ4n) is 3.23. The largest absolute Gasteiger partial charge is 0.463 e. The number of anilines is 1. The summed E-state index contributed by atoms with van der Waals surface area (Å²) in [6.45, 7) is 6.64. The molecule has 3 rings (SSSR count). The topological polar surface area (TPSA) is 70.7 Å². The average molecular weight is 388 g/mol.